The van der Waals surface area contributed by atoms with Gasteiger partial charge >= 0.3 is 6.18 Å². The molecule has 0 aliphatic heterocycles. The fourth-order valence-electron chi connectivity index (χ4n) is 1.74. The van der Waals surface area contributed by atoms with E-state index in [0.717, 1.165) is 6.07 Å². The minimum atomic E-state index is -4.40. The van der Waals surface area contributed by atoms with Crippen molar-refractivity contribution in [3.8, 4) is 0 Å². The summed E-state index contributed by atoms with van der Waals surface area (Å²) in [5.74, 6) is 0. The Morgan fingerprint density at radius 1 is 1.15 bits per heavy atom. The minimum absolute atomic E-state index is 0.00431. The summed E-state index contributed by atoms with van der Waals surface area (Å²) in [6.45, 7) is 1.79. The maximum absolute atomic E-state index is 12.8. The lowest BCUT2D eigenvalue weighted by molar-refractivity contribution is -0.136. The van der Waals surface area contributed by atoms with Crippen LogP contribution in [0.25, 0.3) is 0 Å². The molecule has 1 atom stereocenters. The van der Waals surface area contributed by atoms with Crippen molar-refractivity contribution in [1.29, 1.82) is 0 Å². The second-order valence-electron chi connectivity index (χ2n) is 4.43. The quantitative estimate of drug-likeness (QED) is 0.898. The molecule has 0 aliphatic carbocycles. The molecule has 0 aliphatic rings. The molecule has 106 valence electrons. The van der Waals surface area contributed by atoms with Gasteiger partial charge in [0.15, 0.2) is 0 Å². The molecule has 2 aromatic rings. The molecule has 0 fully saturated rings. The number of pyridine rings is 1. The SMILES string of the molecule is CC(N)c1ccc(Nc2ccccc2C(F)(F)F)cn1. The Labute approximate surface area is 114 Å². The van der Waals surface area contributed by atoms with Gasteiger partial charge in [0.1, 0.15) is 0 Å². The van der Waals surface area contributed by atoms with E-state index in [4.69, 9.17) is 5.73 Å². The monoisotopic (exact) mass is 281 g/mol. The molecule has 3 nitrogen and oxygen atoms in total. The first kappa shape index (κ1) is 14.3. The third-order valence-electron chi connectivity index (χ3n) is 2.76. The molecule has 2 rings (SSSR count). The molecule has 0 amide bonds. The van der Waals surface area contributed by atoms with Crippen LogP contribution in [0.3, 0.4) is 0 Å². The smallest absolute Gasteiger partial charge is 0.354 e. The minimum Gasteiger partial charge on any atom is -0.354 e. The Kier molecular flexibility index (Phi) is 3.94. The summed E-state index contributed by atoms with van der Waals surface area (Å²) in [7, 11) is 0. The van der Waals surface area contributed by atoms with E-state index in [-0.39, 0.29) is 11.7 Å². The lowest BCUT2D eigenvalue weighted by Crippen LogP contribution is -2.09. The van der Waals surface area contributed by atoms with Gasteiger partial charge < -0.3 is 11.1 Å². The number of nitrogens with one attached hydrogen (secondary N) is 1. The third-order valence-corrected chi connectivity index (χ3v) is 2.76. The van der Waals surface area contributed by atoms with Gasteiger partial charge in [-0.25, -0.2) is 0 Å². The van der Waals surface area contributed by atoms with E-state index in [9.17, 15) is 13.2 Å². The van der Waals surface area contributed by atoms with Crippen LogP contribution in [0, 0.1) is 0 Å². The van der Waals surface area contributed by atoms with Crippen molar-refractivity contribution >= 4 is 11.4 Å². The number of halogens is 3. The number of benzene rings is 1. The normalized spacial score (nSPS) is 13.1. The highest BCUT2D eigenvalue weighted by molar-refractivity contribution is 5.63. The van der Waals surface area contributed by atoms with Gasteiger partial charge in [0.05, 0.1) is 28.8 Å². The molecule has 3 N–H and O–H groups in total. The van der Waals surface area contributed by atoms with Crippen LogP contribution in [0.5, 0.6) is 0 Å². The second kappa shape index (κ2) is 5.50. The Morgan fingerprint density at radius 3 is 2.40 bits per heavy atom. The zero-order chi connectivity index (χ0) is 14.8. The summed E-state index contributed by atoms with van der Waals surface area (Å²) in [5, 5.41) is 2.72. The second-order valence-corrected chi connectivity index (χ2v) is 4.43. The molecule has 20 heavy (non-hydrogen) atoms. The molecular weight excluding hydrogens is 267 g/mol. The Balaban J connectivity index is 2.26. The van der Waals surface area contributed by atoms with Crippen LogP contribution in [0.1, 0.15) is 24.2 Å². The first-order valence-electron chi connectivity index (χ1n) is 6.02. The van der Waals surface area contributed by atoms with Crippen molar-refractivity contribution in [2.75, 3.05) is 5.32 Å². The van der Waals surface area contributed by atoms with E-state index in [1.165, 1.54) is 18.3 Å². The van der Waals surface area contributed by atoms with Crippen molar-refractivity contribution < 1.29 is 13.2 Å². The zero-order valence-corrected chi connectivity index (χ0v) is 10.8. The van der Waals surface area contributed by atoms with Gasteiger partial charge in [-0.15, -0.1) is 0 Å². The molecule has 6 heteroatoms. The van der Waals surface area contributed by atoms with Gasteiger partial charge in [0, 0.05) is 6.04 Å². The summed E-state index contributed by atoms with van der Waals surface area (Å²) in [4.78, 5) is 4.10. The first-order chi connectivity index (χ1) is 9.38. The van der Waals surface area contributed by atoms with Crippen molar-refractivity contribution in [2.24, 2.45) is 5.73 Å². The maximum atomic E-state index is 12.8. The fraction of sp³-hybridized carbons (Fsp3) is 0.214. The number of alkyl halides is 3. The topological polar surface area (TPSA) is 50.9 Å². The van der Waals surface area contributed by atoms with Crippen LogP contribution in [-0.2, 0) is 6.18 Å². The molecule has 1 aromatic heterocycles. The van der Waals surface area contributed by atoms with E-state index in [2.05, 4.69) is 10.3 Å². The zero-order valence-electron chi connectivity index (χ0n) is 10.8. The molecule has 0 bridgehead atoms. The van der Waals surface area contributed by atoms with Crippen LogP contribution < -0.4 is 11.1 Å². The number of hydrogen-bond acceptors (Lipinski definition) is 3. The van der Waals surface area contributed by atoms with Gasteiger partial charge in [-0.05, 0) is 31.2 Å². The van der Waals surface area contributed by atoms with Gasteiger partial charge in [-0.2, -0.15) is 13.2 Å². The number of aromatic nitrogens is 1. The Hall–Kier alpha value is -2.08. The lowest BCUT2D eigenvalue weighted by atomic mass is 10.1. The molecule has 1 heterocycles. The molecule has 0 radical (unpaired) electrons. The van der Waals surface area contributed by atoms with Crippen LogP contribution in [0.15, 0.2) is 42.6 Å². The van der Waals surface area contributed by atoms with Crippen molar-refractivity contribution in [1.82, 2.24) is 4.98 Å². The average Bonchev–Trinajstić information content (AvgIpc) is 2.38. The highest BCUT2D eigenvalue weighted by atomic mass is 19.4. The first-order valence-corrected chi connectivity index (χ1v) is 6.02. The van der Waals surface area contributed by atoms with Gasteiger partial charge in [-0.3, -0.25) is 4.98 Å². The number of nitrogens with two attached hydrogens (primary N) is 1. The van der Waals surface area contributed by atoms with E-state index in [1.54, 1.807) is 25.1 Å². The summed E-state index contributed by atoms with van der Waals surface area (Å²) in [5.41, 5.74) is 6.11. The maximum Gasteiger partial charge on any atom is 0.418 e. The summed E-state index contributed by atoms with van der Waals surface area (Å²) in [6, 6.07) is 8.43. The van der Waals surface area contributed by atoms with Crippen molar-refractivity contribution in [2.45, 2.75) is 19.1 Å². The molecule has 0 saturated carbocycles. The van der Waals surface area contributed by atoms with Gasteiger partial charge in [0.25, 0.3) is 0 Å². The molecular formula is C14H14F3N3. The average molecular weight is 281 g/mol. The molecule has 1 unspecified atom stereocenters. The highest BCUT2D eigenvalue weighted by Crippen LogP contribution is 2.35. The summed E-state index contributed by atoms with van der Waals surface area (Å²) >= 11 is 0. The number of anilines is 2. The highest BCUT2D eigenvalue weighted by Gasteiger charge is 2.33. The van der Waals surface area contributed by atoms with Crippen molar-refractivity contribution in [3.05, 3.63) is 53.9 Å². The van der Waals surface area contributed by atoms with E-state index < -0.39 is 11.7 Å². The molecule has 0 saturated heterocycles. The van der Waals surface area contributed by atoms with Crippen LogP contribution >= 0.6 is 0 Å². The van der Waals surface area contributed by atoms with Crippen LogP contribution in [0.2, 0.25) is 0 Å². The largest absolute Gasteiger partial charge is 0.418 e. The molecule has 0 spiro atoms. The van der Waals surface area contributed by atoms with Gasteiger partial charge in [-0.1, -0.05) is 12.1 Å². The van der Waals surface area contributed by atoms with Crippen LogP contribution in [-0.4, -0.2) is 4.98 Å². The Bertz CT molecular complexity index is 577. The third kappa shape index (κ3) is 3.27. The molecule has 1 aromatic carbocycles. The fourth-order valence-corrected chi connectivity index (χ4v) is 1.74. The number of rotatable bonds is 3. The summed E-state index contributed by atoms with van der Waals surface area (Å²) in [6.07, 6.45) is -2.94. The number of nitrogens with zero attached hydrogens (tertiary/aromatic N) is 1. The summed E-state index contributed by atoms with van der Waals surface area (Å²) < 4.78 is 38.5. The predicted octanol–water partition coefficient (Wildman–Crippen LogP) is 3.86. The van der Waals surface area contributed by atoms with Gasteiger partial charge in [0.2, 0.25) is 0 Å². The standard InChI is InChI=1S/C14H14F3N3/c1-9(18)12-7-6-10(8-19-12)20-13-5-3-2-4-11(13)14(15,16)17/h2-9,20H,18H2,1H3. The van der Waals surface area contributed by atoms with E-state index in [1.807, 2.05) is 0 Å². The number of hydrogen-bond donors (Lipinski definition) is 2. The Morgan fingerprint density at radius 2 is 1.85 bits per heavy atom. The van der Waals surface area contributed by atoms with Crippen LogP contribution in [0.4, 0.5) is 24.5 Å². The lowest BCUT2D eigenvalue weighted by Gasteiger charge is -2.14. The predicted molar refractivity (Wildman–Crippen MR) is 71.6 cm³/mol. The van der Waals surface area contributed by atoms with Crippen molar-refractivity contribution in [3.63, 3.8) is 0 Å². The van der Waals surface area contributed by atoms with E-state index in [0.29, 0.717) is 11.4 Å². The van der Waals surface area contributed by atoms with E-state index >= 15 is 0 Å². The number of para-hydroxylation sites is 1.